The summed E-state index contributed by atoms with van der Waals surface area (Å²) < 4.78 is 0. The maximum absolute atomic E-state index is 3.58. The first-order valence-electron chi connectivity index (χ1n) is 6.47. The summed E-state index contributed by atoms with van der Waals surface area (Å²) in [6.45, 7) is 17.3. The molecule has 0 heterocycles. The van der Waals surface area contributed by atoms with Gasteiger partial charge in [-0.1, -0.05) is 54.9 Å². The fourth-order valence-electron chi connectivity index (χ4n) is 1.75. The Morgan fingerprint density at radius 1 is 0.933 bits per heavy atom. The van der Waals surface area contributed by atoms with Gasteiger partial charge in [0.1, 0.15) is 0 Å². The van der Waals surface area contributed by atoms with E-state index in [4.69, 9.17) is 0 Å². The highest BCUT2D eigenvalue weighted by Crippen LogP contribution is 2.30. The van der Waals surface area contributed by atoms with E-state index in [-0.39, 0.29) is 0 Å². The van der Waals surface area contributed by atoms with Crippen LogP contribution in [0.15, 0.2) is 0 Å². The zero-order chi connectivity index (χ0) is 12.1. The second-order valence-electron chi connectivity index (χ2n) is 6.60. The third-order valence-corrected chi connectivity index (χ3v) is 3.09. The second-order valence-corrected chi connectivity index (χ2v) is 6.60. The van der Waals surface area contributed by atoms with Gasteiger partial charge in [0.05, 0.1) is 0 Å². The average Bonchev–Trinajstić information content (AvgIpc) is 2.00. The van der Waals surface area contributed by atoms with Gasteiger partial charge < -0.3 is 5.32 Å². The van der Waals surface area contributed by atoms with E-state index in [1.165, 1.54) is 12.8 Å². The van der Waals surface area contributed by atoms with E-state index in [1.807, 2.05) is 0 Å². The second kappa shape index (κ2) is 6.52. The van der Waals surface area contributed by atoms with Gasteiger partial charge in [0.2, 0.25) is 0 Å². The minimum Gasteiger partial charge on any atom is -0.314 e. The maximum atomic E-state index is 3.58. The van der Waals surface area contributed by atoms with Crippen LogP contribution in [0.2, 0.25) is 0 Å². The molecule has 0 spiro atoms. The van der Waals surface area contributed by atoms with Crippen LogP contribution in [-0.4, -0.2) is 12.6 Å². The summed E-state index contributed by atoms with van der Waals surface area (Å²) in [6, 6.07) is 0.605. The number of hydrogen-bond acceptors (Lipinski definition) is 1. The van der Waals surface area contributed by atoms with E-state index in [2.05, 4.69) is 53.8 Å². The molecular weight excluding hydrogens is 182 g/mol. The van der Waals surface area contributed by atoms with E-state index in [1.54, 1.807) is 0 Å². The van der Waals surface area contributed by atoms with E-state index in [9.17, 15) is 0 Å². The zero-order valence-electron chi connectivity index (χ0n) is 11.9. The van der Waals surface area contributed by atoms with Crippen molar-refractivity contribution in [3.05, 3.63) is 0 Å². The highest BCUT2D eigenvalue weighted by molar-refractivity contribution is 4.77. The summed E-state index contributed by atoms with van der Waals surface area (Å²) in [6.07, 6.45) is 2.70. The normalized spacial score (nSPS) is 15.0. The minimum atomic E-state index is 0.427. The topological polar surface area (TPSA) is 12.0 Å². The standard InChI is InChI=1S/C14H31N/c1-11(2)8-9-13(14(5,6)7)10-15-12(3)4/h11-13,15H,8-10H2,1-7H3. The highest BCUT2D eigenvalue weighted by Gasteiger charge is 2.24. The first-order valence-corrected chi connectivity index (χ1v) is 6.47. The Morgan fingerprint density at radius 2 is 1.47 bits per heavy atom. The Kier molecular flexibility index (Phi) is 6.51. The van der Waals surface area contributed by atoms with Crippen molar-refractivity contribution >= 4 is 0 Å². The lowest BCUT2D eigenvalue weighted by atomic mass is 9.77. The van der Waals surface area contributed by atoms with E-state index in [0.717, 1.165) is 18.4 Å². The van der Waals surface area contributed by atoms with Gasteiger partial charge in [0.15, 0.2) is 0 Å². The van der Waals surface area contributed by atoms with Gasteiger partial charge in [-0.3, -0.25) is 0 Å². The largest absolute Gasteiger partial charge is 0.314 e. The lowest BCUT2D eigenvalue weighted by molar-refractivity contribution is 0.204. The summed E-state index contributed by atoms with van der Waals surface area (Å²) in [5, 5.41) is 3.58. The summed E-state index contributed by atoms with van der Waals surface area (Å²) in [5.41, 5.74) is 0.427. The van der Waals surface area contributed by atoms with Gasteiger partial charge in [0, 0.05) is 6.04 Å². The summed E-state index contributed by atoms with van der Waals surface area (Å²) in [5.74, 6) is 1.62. The van der Waals surface area contributed by atoms with Crippen molar-refractivity contribution in [2.45, 2.75) is 67.3 Å². The monoisotopic (exact) mass is 213 g/mol. The molecule has 1 heteroatoms. The van der Waals surface area contributed by atoms with Crippen molar-refractivity contribution in [1.82, 2.24) is 5.32 Å². The fraction of sp³-hybridized carbons (Fsp3) is 1.00. The van der Waals surface area contributed by atoms with Gasteiger partial charge in [-0.25, -0.2) is 0 Å². The van der Waals surface area contributed by atoms with Crippen LogP contribution >= 0.6 is 0 Å². The Balaban J connectivity index is 4.08. The number of hydrogen-bond donors (Lipinski definition) is 1. The first kappa shape index (κ1) is 15.0. The van der Waals surface area contributed by atoms with Crippen LogP contribution in [0.1, 0.15) is 61.3 Å². The van der Waals surface area contributed by atoms with Gasteiger partial charge in [-0.15, -0.1) is 0 Å². The minimum absolute atomic E-state index is 0.427. The first-order chi connectivity index (χ1) is 6.73. The molecule has 1 nitrogen and oxygen atoms in total. The maximum Gasteiger partial charge on any atom is 0.00104 e. The molecule has 0 radical (unpaired) electrons. The van der Waals surface area contributed by atoms with Crippen molar-refractivity contribution in [1.29, 1.82) is 0 Å². The molecule has 0 saturated heterocycles. The molecule has 1 unspecified atom stereocenters. The fourth-order valence-corrected chi connectivity index (χ4v) is 1.75. The molecule has 0 saturated carbocycles. The van der Waals surface area contributed by atoms with Crippen molar-refractivity contribution < 1.29 is 0 Å². The molecule has 0 bridgehead atoms. The number of rotatable bonds is 6. The molecule has 0 aliphatic heterocycles. The van der Waals surface area contributed by atoms with Crippen molar-refractivity contribution in [2.75, 3.05) is 6.54 Å². The van der Waals surface area contributed by atoms with Gasteiger partial charge in [-0.05, 0) is 30.2 Å². The third kappa shape index (κ3) is 7.84. The van der Waals surface area contributed by atoms with Crippen LogP contribution < -0.4 is 5.32 Å². The van der Waals surface area contributed by atoms with E-state index >= 15 is 0 Å². The predicted octanol–water partition coefficient (Wildman–Crippen LogP) is 4.08. The smallest absolute Gasteiger partial charge is 0.00104 e. The number of nitrogens with one attached hydrogen (secondary N) is 1. The molecule has 0 aromatic heterocycles. The van der Waals surface area contributed by atoms with Crippen LogP contribution in [0.4, 0.5) is 0 Å². The zero-order valence-corrected chi connectivity index (χ0v) is 11.9. The molecule has 15 heavy (non-hydrogen) atoms. The molecule has 0 rings (SSSR count). The average molecular weight is 213 g/mol. The summed E-state index contributed by atoms with van der Waals surface area (Å²) in [4.78, 5) is 0. The van der Waals surface area contributed by atoms with Gasteiger partial charge >= 0.3 is 0 Å². The highest BCUT2D eigenvalue weighted by atomic mass is 14.9. The molecular formula is C14H31N. The summed E-state index contributed by atoms with van der Waals surface area (Å²) >= 11 is 0. The lowest BCUT2D eigenvalue weighted by Crippen LogP contribution is -2.35. The quantitative estimate of drug-likeness (QED) is 0.701. The molecule has 0 aromatic carbocycles. The van der Waals surface area contributed by atoms with Crippen LogP contribution in [0.25, 0.3) is 0 Å². The molecule has 1 atom stereocenters. The van der Waals surface area contributed by atoms with E-state index in [0.29, 0.717) is 11.5 Å². The SMILES string of the molecule is CC(C)CCC(CNC(C)C)C(C)(C)C. The van der Waals surface area contributed by atoms with Gasteiger partial charge in [-0.2, -0.15) is 0 Å². The van der Waals surface area contributed by atoms with Crippen LogP contribution in [0.3, 0.4) is 0 Å². The van der Waals surface area contributed by atoms with Crippen molar-refractivity contribution in [2.24, 2.45) is 17.3 Å². The van der Waals surface area contributed by atoms with Crippen LogP contribution in [-0.2, 0) is 0 Å². The van der Waals surface area contributed by atoms with Gasteiger partial charge in [0.25, 0.3) is 0 Å². The molecule has 0 fully saturated rings. The third-order valence-electron chi connectivity index (χ3n) is 3.09. The Hall–Kier alpha value is -0.0400. The Labute approximate surface area is 97.0 Å². The van der Waals surface area contributed by atoms with Crippen molar-refractivity contribution in [3.63, 3.8) is 0 Å². The lowest BCUT2D eigenvalue weighted by Gasteiger charge is -2.32. The Bertz CT molecular complexity index is 141. The molecule has 92 valence electrons. The summed E-state index contributed by atoms with van der Waals surface area (Å²) in [7, 11) is 0. The van der Waals surface area contributed by atoms with Crippen molar-refractivity contribution in [3.8, 4) is 0 Å². The molecule has 0 aliphatic carbocycles. The molecule has 0 aromatic rings. The van der Waals surface area contributed by atoms with Crippen LogP contribution in [0, 0.1) is 17.3 Å². The molecule has 0 amide bonds. The van der Waals surface area contributed by atoms with E-state index < -0.39 is 0 Å². The molecule has 1 N–H and O–H groups in total. The Morgan fingerprint density at radius 3 is 1.80 bits per heavy atom. The van der Waals surface area contributed by atoms with Crippen LogP contribution in [0.5, 0.6) is 0 Å². The predicted molar refractivity (Wildman–Crippen MR) is 70.2 cm³/mol. The molecule has 0 aliphatic rings.